The van der Waals surface area contributed by atoms with E-state index in [0.29, 0.717) is 41.0 Å². The summed E-state index contributed by atoms with van der Waals surface area (Å²) >= 11 is 0. The van der Waals surface area contributed by atoms with E-state index in [4.69, 9.17) is 4.52 Å². The summed E-state index contributed by atoms with van der Waals surface area (Å²) in [6, 6.07) is 0. The highest BCUT2D eigenvalue weighted by Gasteiger charge is 2.37. The fourth-order valence-corrected chi connectivity index (χ4v) is 3.04. The molecule has 12 heteroatoms. The largest absolute Gasteiger partial charge is 0.453 e. The predicted molar refractivity (Wildman–Crippen MR) is 91.7 cm³/mol. The second-order valence-corrected chi connectivity index (χ2v) is 7.00. The van der Waals surface area contributed by atoms with Crippen molar-refractivity contribution in [1.29, 1.82) is 0 Å². The number of hydrogen-bond donors (Lipinski definition) is 1. The molecule has 154 valence electrons. The number of nitrogens with one attached hydrogen (secondary N) is 1. The van der Waals surface area contributed by atoms with Crippen molar-refractivity contribution in [2.75, 3.05) is 0 Å². The maximum absolute atomic E-state index is 12.9. The molecule has 0 bridgehead atoms. The Morgan fingerprint density at radius 2 is 2.00 bits per heavy atom. The van der Waals surface area contributed by atoms with Gasteiger partial charge in [-0.2, -0.15) is 23.1 Å². The molecule has 1 amide bonds. The molecule has 1 aliphatic carbocycles. The fourth-order valence-electron chi connectivity index (χ4n) is 3.04. The van der Waals surface area contributed by atoms with Crippen molar-refractivity contribution in [2.24, 2.45) is 0 Å². The SMILES string of the molecule is Cc1nc2nc(C(F)(F)F)nn2c(C)c1CCC(=O)NCc1nc(C2CC2)no1. The molecule has 3 aromatic rings. The van der Waals surface area contributed by atoms with Crippen molar-refractivity contribution < 1.29 is 22.5 Å². The van der Waals surface area contributed by atoms with Gasteiger partial charge in [0.15, 0.2) is 5.82 Å². The number of nitrogens with zero attached hydrogens (tertiary/aromatic N) is 6. The number of rotatable bonds is 6. The number of carbonyl (C=O) groups excluding carboxylic acids is 1. The lowest BCUT2D eigenvalue weighted by Gasteiger charge is -2.10. The average molecular weight is 409 g/mol. The van der Waals surface area contributed by atoms with Crippen LogP contribution in [0.25, 0.3) is 5.78 Å². The van der Waals surface area contributed by atoms with E-state index in [1.807, 2.05) is 0 Å². The van der Waals surface area contributed by atoms with Crippen LogP contribution in [-0.2, 0) is 23.9 Å². The smallest absolute Gasteiger partial charge is 0.347 e. The average Bonchev–Trinajstić information content (AvgIpc) is 3.22. The summed E-state index contributed by atoms with van der Waals surface area (Å²) in [5.74, 6) is -0.226. The zero-order chi connectivity index (χ0) is 20.8. The summed E-state index contributed by atoms with van der Waals surface area (Å²) in [6.45, 7) is 3.42. The Morgan fingerprint density at radius 3 is 2.69 bits per heavy atom. The molecule has 0 aromatic carbocycles. The van der Waals surface area contributed by atoms with Gasteiger partial charge in [-0.15, -0.1) is 5.10 Å². The highest BCUT2D eigenvalue weighted by atomic mass is 19.4. The van der Waals surface area contributed by atoms with E-state index in [0.717, 1.165) is 17.4 Å². The van der Waals surface area contributed by atoms with Crippen LogP contribution in [0.3, 0.4) is 0 Å². The third-order valence-electron chi connectivity index (χ3n) is 4.77. The molecule has 0 unspecified atom stereocenters. The van der Waals surface area contributed by atoms with Gasteiger partial charge in [-0.25, -0.2) is 9.50 Å². The van der Waals surface area contributed by atoms with Crippen LogP contribution in [0, 0.1) is 13.8 Å². The minimum absolute atomic E-state index is 0.122. The molecular weight excluding hydrogens is 391 g/mol. The number of alkyl halides is 3. The molecule has 1 aliphatic rings. The van der Waals surface area contributed by atoms with Crippen LogP contribution in [0.2, 0.25) is 0 Å². The van der Waals surface area contributed by atoms with Crippen LogP contribution in [-0.4, -0.2) is 35.6 Å². The van der Waals surface area contributed by atoms with Gasteiger partial charge in [-0.1, -0.05) is 5.16 Å². The van der Waals surface area contributed by atoms with E-state index in [1.165, 1.54) is 0 Å². The number of carbonyl (C=O) groups is 1. The molecule has 3 heterocycles. The first kappa shape index (κ1) is 19.3. The lowest BCUT2D eigenvalue weighted by Crippen LogP contribution is -2.23. The molecular formula is C17H18F3N7O2. The van der Waals surface area contributed by atoms with Crippen LogP contribution < -0.4 is 5.32 Å². The number of aromatic nitrogens is 6. The molecule has 9 nitrogen and oxygen atoms in total. The van der Waals surface area contributed by atoms with Crippen molar-refractivity contribution in [3.63, 3.8) is 0 Å². The second kappa shape index (κ2) is 7.08. The third-order valence-corrected chi connectivity index (χ3v) is 4.77. The van der Waals surface area contributed by atoms with Crippen molar-refractivity contribution in [3.8, 4) is 0 Å². The van der Waals surface area contributed by atoms with E-state index in [1.54, 1.807) is 13.8 Å². The van der Waals surface area contributed by atoms with E-state index in [2.05, 4.69) is 30.5 Å². The number of hydrogen-bond acceptors (Lipinski definition) is 7. The van der Waals surface area contributed by atoms with Crippen LogP contribution in [0.1, 0.15) is 59.7 Å². The number of fused-ring (bicyclic) bond motifs is 1. The van der Waals surface area contributed by atoms with Crippen molar-refractivity contribution in [1.82, 2.24) is 35.0 Å². The van der Waals surface area contributed by atoms with Crippen LogP contribution >= 0.6 is 0 Å². The Morgan fingerprint density at radius 1 is 1.24 bits per heavy atom. The van der Waals surface area contributed by atoms with Gasteiger partial charge in [-0.3, -0.25) is 4.79 Å². The van der Waals surface area contributed by atoms with Gasteiger partial charge in [0.2, 0.25) is 11.8 Å². The quantitative estimate of drug-likeness (QED) is 0.665. The maximum Gasteiger partial charge on any atom is 0.453 e. The van der Waals surface area contributed by atoms with E-state index in [-0.39, 0.29) is 24.7 Å². The van der Waals surface area contributed by atoms with E-state index in [9.17, 15) is 18.0 Å². The van der Waals surface area contributed by atoms with Crippen LogP contribution in [0.4, 0.5) is 13.2 Å². The van der Waals surface area contributed by atoms with Crippen LogP contribution in [0.15, 0.2) is 4.52 Å². The van der Waals surface area contributed by atoms with Gasteiger partial charge in [0.25, 0.3) is 11.6 Å². The normalized spacial score (nSPS) is 14.5. The summed E-state index contributed by atoms with van der Waals surface area (Å²) in [4.78, 5) is 23.9. The van der Waals surface area contributed by atoms with Gasteiger partial charge < -0.3 is 9.84 Å². The van der Waals surface area contributed by atoms with Crippen molar-refractivity contribution >= 4 is 11.7 Å². The third kappa shape index (κ3) is 4.05. The Bertz CT molecular complexity index is 1070. The standard InChI is InChI=1S/C17H18F3N7O2/c1-8-11(9(2)27-16(22-8)24-15(25-27)17(18,19)20)5-6-12(28)21-7-13-23-14(26-29-13)10-3-4-10/h10H,3-7H2,1-2H3,(H,21,28). The monoisotopic (exact) mass is 409 g/mol. The topological polar surface area (TPSA) is 111 Å². The molecule has 1 fully saturated rings. The lowest BCUT2D eigenvalue weighted by atomic mass is 10.1. The molecule has 0 spiro atoms. The summed E-state index contributed by atoms with van der Waals surface area (Å²) in [6.07, 6.45) is -2.12. The first-order valence-electron chi connectivity index (χ1n) is 9.11. The Labute approximate surface area is 162 Å². The van der Waals surface area contributed by atoms with Crippen molar-refractivity contribution in [3.05, 3.63) is 34.5 Å². The first-order valence-corrected chi connectivity index (χ1v) is 9.11. The number of aryl methyl sites for hydroxylation is 2. The van der Waals surface area contributed by atoms with Gasteiger partial charge in [0.05, 0.1) is 6.54 Å². The maximum atomic E-state index is 12.9. The molecule has 1 saturated carbocycles. The molecule has 0 radical (unpaired) electrons. The molecule has 4 rings (SSSR count). The highest BCUT2D eigenvalue weighted by Crippen LogP contribution is 2.38. The Kier molecular flexibility index (Phi) is 4.71. The summed E-state index contributed by atoms with van der Waals surface area (Å²) in [7, 11) is 0. The number of halogens is 3. The summed E-state index contributed by atoms with van der Waals surface area (Å²) < 4.78 is 44.7. The molecule has 3 aromatic heterocycles. The summed E-state index contributed by atoms with van der Waals surface area (Å²) in [5, 5.41) is 10.1. The molecule has 29 heavy (non-hydrogen) atoms. The lowest BCUT2D eigenvalue weighted by molar-refractivity contribution is -0.144. The second-order valence-electron chi connectivity index (χ2n) is 7.00. The van der Waals surface area contributed by atoms with Gasteiger partial charge in [0, 0.05) is 23.7 Å². The Balaban J connectivity index is 1.40. The number of amides is 1. The van der Waals surface area contributed by atoms with Crippen LogP contribution in [0.5, 0.6) is 0 Å². The zero-order valence-electron chi connectivity index (χ0n) is 15.7. The molecule has 0 saturated heterocycles. The van der Waals surface area contributed by atoms with E-state index < -0.39 is 12.0 Å². The van der Waals surface area contributed by atoms with Gasteiger partial charge in [0.1, 0.15) is 0 Å². The minimum atomic E-state index is -4.65. The fraction of sp³-hybridized carbons (Fsp3) is 0.529. The van der Waals surface area contributed by atoms with Crippen molar-refractivity contribution in [2.45, 2.75) is 58.2 Å². The van der Waals surface area contributed by atoms with E-state index >= 15 is 0 Å². The molecule has 0 aliphatic heterocycles. The molecule has 1 N–H and O–H groups in total. The van der Waals surface area contributed by atoms with Gasteiger partial charge in [-0.05, 0) is 38.7 Å². The predicted octanol–water partition coefficient (Wildman–Crippen LogP) is 2.27. The zero-order valence-corrected chi connectivity index (χ0v) is 15.7. The Hall–Kier alpha value is -3.05. The highest BCUT2D eigenvalue weighted by molar-refractivity contribution is 5.76. The molecule has 0 atom stereocenters. The minimum Gasteiger partial charge on any atom is -0.347 e. The first-order chi connectivity index (χ1) is 13.7. The van der Waals surface area contributed by atoms with Gasteiger partial charge >= 0.3 is 6.18 Å². The summed E-state index contributed by atoms with van der Waals surface area (Å²) in [5.41, 5.74) is 1.63.